The molecule has 3 aromatic rings. The standard InChI is InChI=1S/C19H21N3/c1-3-17-18(16-11-7-8-14(2)12-16)19(20)22(21-17)13-15-9-5-4-6-10-15/h4-12H,3,13,20H2,1-2H3. The minimum absolute atomic E-state index is 0.700. The predicted molar refractivity (Wildman–Crippen MR) is 91.7 cm³/mol. The van der Waals surface area contributed by atoms with Crippen molar-refractivity contribution in [1.82, 2.24) is 9.78 Å². The molecule has 0 radical (unpaired) electrons. The molecule has 0 aliphatic carbocycles. The van der Waals surface area contributed by atoms with Gasteiger partial charge in [-0.25, -0.2) is 4.68 Å². The molecule has 0 spiro atoms. The molecule has 1 heterocycles. The first-order valence-electron chi connectivity index (χ1n) is 7.65. The van der Waals surface area contributed by atoms with E-state index in [0.717, 1.165) is 29.1 Å². The maximum absolute atomic E-state index is 6.41. The first kappa shape index (κ1) is 14.4. The van der Waals surface area contributed by atoms with Crippen molar-refractivity contribution in [2.75, 3.05) is 5.73 Å². The van der Waals surface area contributed by atoms with Gasteiger partial charge in [-0.15, -0.1) is 0 Å². The van der Waals surface area contributed by atoms with Crippen LogP contribution in [0.1, 0.15) is 23.7 Å². The van der Waals surface area contributed by atoms with Crippen molar-refractivity contribution in [3.05, 3.63) is 71.4 Å². The Morgan fingerprint density at radius 2 is 1.82 bits per heavy atom. The molecule has 0 saturated carbocycles. The number of benzene rings is 2. The molecule has 3 rings (SSSR count). The zero-order valence-corrected chi connectivity index (χ0v) is 13.1. The fourth-order valence-corrected chi connectivity index (χ4v) is 2.77. The Kier molecular flexibility index (Phi) is 3.96. The highest BCUT2D eigenvalue weighted by atomic mass is 15.3. The number of anilines is 1. The van der Waals surface area contributed by atoms with Gasteiger partial charge in [-0.1, -0.05) is 67.1 Å². The van der Waals surface area contributed by atoms with Gasteiger partial charge in [0.1, 0.15) is 5.82 Å². The molecule has 0 amide bonds. The summed E-state index contributed by atoms with van der Waals surface area (Å²) in [5, 5.41) is 4.72. The zero-order chi connectivity index (χ0) is 15.5. The van der Waals surface area contributed by atoms with E-state index < -0.39 is 0 Å². The molecule has 3 nitrogen and oxygen atoms in total. The highest BCUT2D eigenvalue weighted by Crippen LogP contribution is 2.31. The van der Waals surface area contributed by atoms with Crippen molar-refractivity contribution in [2.45, 2.75) is 26.8 Å². The average Bonchev–Trinajstić information content (AvgIpc) is 2.84. The van der Waals surface area contributed by atoms with E-state index in [1.54, 1.807) is 0 Å². The predicted octanol–water partition coefficient (Wildman–Crippen LogP) is 4.05. The quantitative estimate of drug-likeness (QED) is 0.788. The highest BCUT2D eigenvalue weighted by Gasteiger charge is 2.16. The molecule has 1 aromatic heterocycles. The van der Waals surface area contributed by atoms with Gasteiger partial charge in [0.15, 0.2) is 0 Å². The summed E-state index contributed by atoms with van der Waals surface area (Å²) >= 11 is 0. The topological polar surface area (TPSA) is 43.8 Å². The molecule has 0 aliphatic heterocycles. The summed E-state index contributed by atoms with van der Waals surface area (Å²) < 4.78 is 1.91. The highest BCUT2D eigenvalue weighted by molar-refractivity contribution is 5.77. The second kappa shape index (κ2) is 6.06. The summed E-state index contributed by atoms with van der Waals surface area (Å²) in [5.74, 6) is 0.742. The molecule has 0 bridgehead atoms. The fourth-order valence-electron chi connectivity index (χ4n) is 2.77. The van der Waals surface area contributed by atoms with Crippen molar-refractivity contribution in [3.63, 3.8) is 0 Å². The maximum Gasteiger partial charge on any atom is 0.130 e. The molecule has 112 valence electrons. The fraction of sp³-hybridized carbons (Fsp3) is 0.211. The Morgan fingerprint density at radius 3 is 2.50 bits per heavy atom. The Hall–Kier alpha value is -2.55. The molecule has 2 aromatic carbocycles. The molecule has 0 atom stereocenters. The van der Waals surface area contributed by atoms with Gasteiger partial charge in [-0.05, 0) is 24.5 Å². The monoisotopic (exact) mass is 291 g/mol. The first-order chi connectivity index (χ1) is 10.7. The van der Waals surface area contributed by atoms with E-state index >= 15 is 0 Å². The normalized spacial score (nSPS) is 10.8. The molecular formula is C19H21N3. The van der Waals surface area contributed by atoms with Crippen molar-refractivity contribution >= 4 is 5.82 Å². The molecular weight excluding hydrogens is 270 g/mol. The Morgan fingerprint density at radius 1 is 1.05 bits per heavy atom. The number of hydrogen-bond donors (Lipinski definition) is 1. The molecule has 2 N–H and O–H groups in total. The largest absolute Gasteiger partial charge is 0.383 e. The molecule has 0 fully saturated rings. The van der Waals surface area contributed by atoms with Gasteiger partial charge in [0.2, 0.25) is 0 Å². The summed E-state index contributed by atoms with van der Waals surface area (Å²) in [6.07, 6.45) is 0.870. The molecule has 0 aliphatic rings. The number of aryl methyl sites for hydroxylation is 2. The van der Waals surface area contributed by atoms with Crippen LogP contribution < -0.4 is 5.73 Å². The van der Waals surface area contributed by atoms with Crippen LogP contribution in [-0.4, -0.2) is 9.78 Å². The van der Waals surface area contributed by atoms with Crippen molar-refractivity contribution in [3.8, 4) is 11.1 Å². The molecule has 0 unspecified atom stereocenters. The molecule has 3 heteroatoms. The second-order valence-corrected chi connectivity index (χ2v) is 5.57. The third-order valence-electron chi connectivity index (χ3n) is 3.88. The zero-order valence-electron chi connectivity index (χ0n) is 13.1. The van der Waals surface area contributed by atoms with Crippen molar-refractivity contribution in [1.29, 1.82) is 0 Å². The SMILES string of the molecule is CCc1nn(Cc2ccccc2)c(N)c1-c1cccc(C)c1. The van der Waals surface area contributed by atoms with Crippen LogP contribution in [-0.2, 0) is 13.0 Å². The summed E-state index contributed by atoms with van der Waals surface area (Å²) in [6.45, 7) is 4.92. The van der Waals surface area contributed by atoms with Gasteiger partial charge in [-0.3, -0.25) is 0 Å². The first-order valence-corrected chi connectivity index (χ1v) is 7.65. The number of nitrogens with two attached hydrogens (primary N) is 1. The number of aromatic nitrogens is 2. The lowest BCUT2D eigenvalue weighted by molar-refractivity contribution is 0.683. The van der Waals surface area contributed by atoms with E-state index in [9.17, 15) is 0 Å². The van der Waals surface area contributed by atoms with Crippen LogP contribution in [0.25, 0.3) is 11.1 Å². The van der Waals surface area contributed by atoms with Crippen LogP contribution >= 0.6 is 0 Å². The van der Waals surface area contributed by atoms with Crippen molar-refractivity contribution in [2.24, 2.45) is 0 Å². The van der Waals surface area contributed by atoms with E-state index in [1.807, 2.05) is 22.9 Å². The maximum atomic E-state index is 6.41. The Balaban J connectivity index is 2.04. The van der Waals surface area contributed by atoms with Gasteiger partial charge in [0.25, 0.3) is 0 Å². The van der Waals surface area contributed by atoms with Crippen LogP contribution in [0.4, 0.5) is 5.82 Å². The number of rotatable bonds is 4. The minimum atomic E-state index is 0.700. The van der Waals surface area contributed by atoms with Crippen LogP contribution in [0, 0.1) is 6.92 Å². The third kappa shape index (κ3) is 2.75. The van der Waals surface area contributed by atoms with E-state index in [-0.39, 0.29) is 0 Å². The van der Waals surface area contributed by atoms with Gasteiger partial charge in [-0.2, -0.15) is 5.10 Å². The summed E-state index contributed by atoms with van der Waals surface area (Å²) in [5.41, 5.74) is 12.1. The lowest BCUT2D eigenvalue weighted by atomic mass is 10.0. The number of nitrogen functional groups attached to an aromatic ring is 1. The van der Waals surface area contributed by atoms with Gasteiger partial charge in [0.05, 0.1) is 12.2 Å². The van der Waals surface area contributed by atoms with Gasteiger partial charge in [0, 0.05) is 5.56 Å². The molecule has 0 saturated heterocycles. The van der Waals surface area contributed by atoms with Crippen LogP contribution in [0.3, 0.4) is 0 Å². The summed E-state index contributed by atoms with van der Waals surface area (Å²) in [4.78, 5) is 0. The van der Waals surface area contributed by atoms with E-state index in [0.29, 0.717) is 6.54 Å². The second-order valence-electron chi connectivity index (χ2n) is 5.57. The van der Waals surface area contributed by atoms with E-state index in [2.05, 4.69) is 50.2 Å². The van der Waals surface area contributed by atoms with Crippen molar-refractivity contribution < 1.29 is 0 Å². The van der Waals surface area contributed by atoms with Gasteiger partial charge < -0.3 is 5.73 Å². The Bertz CT molecular complexity index is 773. The van der Waals surface area contributed by atoms with Crippen LogP contribution in [0.2, 0.25) is 0 Å². The summed E-state index contributed by atoms with van der Waals surface area (Å²) in [6, 6.07) is 18.7. The van der Waals surface area contributed by atoms with Gasteiger partial charge >= 0.3 is 0 Å². The van der Waals surface area contributed by atoms with Crippen LogP contribution in [0.15, 0.2) is 54.6 Å². The smallest absolute Gasteiger partial charge is 0.130 e. The van der Waals surface area contributed by atoms with E-state index in [1.165, 1.54) is 11.1 Å². The minimum Gasteiger partial charge on any atom is -0.383 e. The van der Waals surface area contributed by atoms with Crippen LogP contribution in [0.5, 0.6) is 0 Å². The van der Waals surface area contributed by atoms with E-state index in [4.69, 9.17) is 10.8 Å². The number of nitrogens with zero attached hydrogens (tertiary/aromatic N) is 2. The molecule has 22 heavy (non-hydrogen) atoms. The average molecular weight is 291 g/mol. The third-order valence-corrected chi connectivity index (χ3v) is 3.88. The Labute approximate surface area is 131 Å². The summed E-state index contributed by atoms with van der Waals surface area (Å²) in [7, 11) is 0. The lowest BCUT2D eigenvalue weighted by Crippen LogP contribution is -2.06. The lowest BCUT2D eigenvalue weighted by Gasteiger charge is -2.06. The number of hydrogen-bond acceptors (Lipinski definition) is 2.